The van der Waals surface area contributed by atoms with Crippen molar-refractivity contribution in [1.29, 1.82) is 0 Å². The highest BCUT2D eigenvalue weighted by molar-refractivity contribution is 5.78. The number of carbonyl (C=O) groups is 1. The Labute approximate surface area is 105 Å². The molecule has 4 nitrogen and oxygen atoms in total. The molecular formula is C13H26N2O2. The summed E-state index contributed by atoms with van der Waals surface area (Å²) in [7, 11) is 0. The summed E-state index contributed by atoms with van der Waals surface area (Å²) in [5.41, 5.74) is 0. The first-order valence-electron chi connectivity index (χ1n) is 6.60. The van der Waals surface area contributed by atoms with E-state index in [9.17, 15) is 9.90 Å². The van der Waals surface area contributed by atoms with Crippen molar-refractivity contribution in [3.8, 4) is 0 Å². The van der Waals surface area contributed by atoms with Gasteiger partial charge in [0.2, 0.25) is 5.91 Å². The number of carbonyl (C=O) groups excluding carboxylic acids is 1. The summed E-state index contributed by atoms with van der Waals surface area (Å²) < 4.78 is 0. The second kappa shape index (κ2) is 6.36. The van der Waals surface area contributed by atoms with Crippen LogP contribution in [0.4, 0.5) is 0 Å². The van der Waals surface area contributed by atoms with E-state index in [1.807, 2.05) is 9.80 Å². The molecular weight excluding hydrogens is 216 g/mol. The molecule has 1 fully saturated rings. The minimum atomic E-state index is -0.250. The molecule has 0 aromatic rings. The van der Waals surface area contributed by atoms with Crippen LogP contribution in [-0.4, -0.2) is 59.1 Å². The van der Waals surface area contributed by atoms with Gasteiger partial charge in [0.15, 0.2) is 0 Å². The van der Waals surface area contributed by atoms with Gasteiger partial charge in [0.25, 0.3) is 0 Å². The molecule has 1 heterocycles. The summed E-state index contributed by atoms with van der Waals surface area (Å²) >= 11 is 0. The summed E-state index contributed by atoms with van der Waals surface area (Å²) in [5, 5.41) is 9.44. The topological polar surface area (TPSA) is 43.8 Å². The lowest BCUT2D eigenvalue weighted by Crippen LogP contribution is -2.45. The maximum Gasteiger partial charge on any atom is 0.236 e. The zero-order valence-corrected chi connectivity index (χ0v) is 11.5. The van der Waals surface area contributed by atoms with Crippen LogP contribution in [0, 0.1) is 5.92 Å². The molecule has 1 aliphatic heterocycles. The predicted molar refractivity (Wildman–Crippen MR) is 68.8 cm³/mol. The van der Waals surface area contributed by atoms with E-state index in [4.69, 9.17) is 0 Å². The van der Waals surface area contributed by atoms with E-state index in [0.717, 1.165) is 19.5 Å². The molecule has 0 bridgehead atoms. The molecule has 0 aliphatic carbocycles. The van der Waals surface area contributed by atoms with Crippen LogP contribution in [0.1, 0.15) is 34.1 Å². The highest BCUT2D eigenvalue weighted by Gasteiger charge is 2.25. The third kappa shape index (κ3) is 4.64. The standard InChI is InChI=1S/C13H26N2O2/c1-10(2)7-15(11(3)4)13(17)9-14-6-5-12(16)8-14/h10-12,16H,5-9H2,1-4H3/t12-/m0/s1. The van der Waals surface area contributed by atoms with E-state index >= 15 is 0 Å². The van der Waals surface area contributed by atoms with Gasteiger partial charge in [0.1, 0.15) is 0 Å². The first-order chi connectivity index (χ1) is 7.90. The molecule has 0 radical (unpaired) electrons. The van der Waals surface area contributed by atoms with E-state index in [2.05, 4.69) is 27.7 Å². The number of β-amino-alcohol motifs (C(OH)–C–C–N with tert-alkyl or cyclic N) is 1. The minimum Gasteiger partial charge on any atom is -0.392 e. The quantitative estimate of drug-likeness (QED) is 0.780. The number of hydrogen-bond acceptors (Lipinski definition) is 3. The van der Waals surface area contributed by atoms with Crippen molar-refractivity contribution in [1.82, 2.24) is 9.80 Å². The van der Waals surface area contributed by atoms with Crippen molar-refractivity contribution in [2.45, 2.75) is 46.3 Å². The molecule has 1 amide bonds. The van der Waals surface area contributed by atoms with Gasteiger partial charge in [-0.05, 0) is 26.2 Å². The molecule has 0 aromatic heterocycles. The Morgan fingerprint density at radius 2 is 2.06 bits per heavy atom. The monoisotopic (exact) mass is 242 g/mol. The van der Waals surface area contributed by atoms with Crippen molar-refractivity contribution in [2.75, 3.05) is 26.2 Å². The van der Waals surface area contributed by atoms with Gasteiger partial charge in [0.05, 0.1) is 12.6 Å². The molecule has 0 unspecified atom stereocenters. The molecule has 0 spiro atoms. The maximum absolute atomic E-state index is 12.2. The van der Waals surface area contributed by atoms with Crippen molar-refractivity contribution < 1.29 is 9.90 Å². The van der Waals surface area contributed by atoms with Gasteiger partial charge in [0, 0.05) is 25.7 Å². The summed E-state index contributed by atoms with van der Waals surface area (Å²) in [4.78, 5) is 16.2. The summed E-state index contributed by atoms with van der Waals surface area (Å²) in [6.45, 7) is 11.1. The van der Waals surface area contributed by atoms with Gasteiger partial charge in [-0.1, -0.05) is 13.8 Å². The van der Waals surface area contributed by atoms with E-state index in [-0.39, 0.29) is 18.1 Å². The van der Waals surface area contributed by atoms with Gasteiger partial charge in [-0.15, -0.1) is 0 Å². The van der Waals surface area contributed by atoms with Gasteiger partial charge < -0.3 is 10.0 Å². The first kappa shape index (κ1) is 14.5. The highest BCUT2D eigenvalue weighted by atomic mass is 16.3. The average molecular weight is 242 g/mol. The first-order valence-corrected chi connectivity index (χ1v) is 6.60. The lowest BCUT2D eigenvalue weighted by molar-refractivity contribution is -0.134. The molecule has 1 atom stereocenters. The minimum absolute atomic E-state index is 0.183. The smallest absolute Gasteiger partial charge is 0.236 e. The molecule has 1 rings (SSSR count). The lowest BCUT2D eigenvalue weighted by Gasteiger charge is -2.30. The number of aliphatic hydroxyl groups is 1. The fourth-order valence-corrected chi connectivity index (χ4v) is 2.23. The van der Waals surface area contributed by atoms with Crippen LogP contribution in [0.5, 0.6) is 0 Å². The third-order valence-corrected chi connectivity index (χ3v) is 3.11. The Hall–Kier alpha value is -0.610. The second-order valence-electron chi connectivity index (χ2n) is 5.71. The zero-order chi connectivity index (χ0) is 13.0. The molecule has 0 aromatic carbocycles. The van der Waals surface area contributed by atoms with Crippen molar-refractivity contribution in [3.63, 3.8) is 0 Å². The largest absolute Gasteiger partial charge is 0.392 e. The Kier molecular flexibility index (Phi) is 5.40. The second-order valence-corrected chi connectivity index (χ2v) is 5.71. The Morgan fingerprint density at radius 1 is 1.41 bits per heavy atom. The predicted octanol–water partition coefficient (Wildman–Crippen LogP) is 0.946. The van der Waals surface area contributed by atoms with Crippen molar-refractivity contribution >= 4 is 5.91 Å². The summed E-state index contributed by atoms with van der Waals surface area (Å²) in [5.74, 6) is 0.674. The van der Waals surface area contributed by atoms with Gasteiger partial charge >= 0.3 is 0 Å². The maximum atomic E-state index is 12.2. The van der Waals surface area contributed by atoms with Gasteiger partial charge in [-0.2, -0.15) is 0 Å². The van der Waals surface area contributed by atoms with Gasteiger partial charge in [-0.25, -0.2) is 0 Å². The number of nitrogens with zero attached hydrogens (tertiary/aromatic N) is 2. The number of amides is 1. The zero-order valence-electron chi connectivity index (χ0n) is 11.5. The van der Waals surface area contributed by atoms with Crippen molar-refractivity contribution in [3.05, 3.63) is 0 Å². The molecule has 0 saturated carbocycles. The Morgan fingerprint density at radius 3 is 2.47 bits per heavy atom. The number of hydrogen-bond donors (Lipinski definition) is 1. The van der Waals surface area contributed by atoms with Crippen molar-refractivity contribution in [2.24, 2.45) is 5.92 Å². The average Bonchev–Trinajstić information content (AvgIpc) is 2.59. The van der Waals surface area contributed by atoms with E-state index in [1.54, 1.807) is 0 Å². The Bertz CT molecular complexity index is 254. The van der Waals surface area contributed by atoms with Crippen LogP contribution in [0.25, 0.3) is 0 Å². The fraction of sp³-hybridized carbons (Fsp3) is 0.923. The Balaban J connectivity index is 2.47. The van der Waals surface area contributed by atoms with Crippen LogP contribution in [0.3, 0.4) is 0 Å². The molecule has 4 heteroatoms. The van der Waals surface area contributed by atoms with E-state index in [1.165, 1.54) is 0 Å². The molecule has 1 N–H and O–H groups in total. The fourth-order valence-electron chi connectivity index (χ4n) is 2.23. The lowest BCUT2D eigenvalue weighted by atomic mass is 10.1. The van der Waals surface area contributed by atoms with Crippen LogP contribution in [0.15, 0.2) is 0 Å². The highest BCUT2D eigenvalue weighted by Crippen LogP contribution is 2.11. The third-order valence-electron chi connectivity index (χ3n) is 3.11. The number of likely N-dealkylation sites (tertiary alicyclic amines) is 1. The SMILES string of the molecule is CC(C)CN(C(=O)CN1CC[C@H](O)C1)C(C)C. The van der Waals surface area contributed by atoms with Crippen LogP contribution < -0.4 is 0 Å². The summed E-state index contributed by atoms with van der Waals surface area (Å²) in [6.07, 6.45) is 0.541. The molecule has 1 aliphatic rings. The summed E-state index contributed by atoms with van der Waals surface area (Å²) in [6, 6.07) is 0.248. The normalized spacial score (nSPS) is 21.5. The molecule has 17 heavy (non-hydrogen) atoms. The van der Waals surface area contributed by atoms with Gasteiger partial charge in [-0.3, -0.25) is 9.69 Å². The molecule has 100 valence electrons. The number of rotatable bonds is 5. The van der Waals surface area contributed by atoms with Crippen LogP contribution >= 0.6 is 0 Å². The molecule has 1 saturated heterocycles. The van der Waals surface area contributed by atoms with E-state index < -0.39 is 0 Å². The van der Waals surface area contributed by atoms with Crippen LogP contribution in [-0.2, 0) is 4.79 Å². The van der Waals surface area contributed by atoms with Crippen LogP contribution in [0.2, 0.25) is 0 Å². The number of aliphatic hydroxyl groups excluding tert-OH is 1. The van der Waals surface area contributed by atoms with E-state index in [0.29, 0.717) is 19.0 Å².